The number of fused-ring (bicyclic) bond motifs is 1. The number of carbonyl (C=O) groups excluding carboxylic acids is 1. The molecule has 0 aromatic carbocycles. The number of hydrogen-bond donors (Lipinski definition) is 2. The zero-order valence-corrected chi connectivity index (χ0v) is 11.5. The van der Waals surface area contributed by atoms with Gasteiger partial charge in [-0.2, -0.15) is 0 Å². The highest BCUT2D eigenvalue weighted by molar-refractivity contribution is 5.94. The van der Waals surface area contributed by atoms with Gasteiger partial charge in [0.25, 0.3) is 5.91 Å². The number of pyridine rings is 1. The molecular weight excluding hydrogens is 258 g/mol. The van der Waals surface area contributed by atoms with E-state index in [-0.39, 0.29) is 12.3 Å². The molecule has 0 radical (unpaired) electrons. The summed E-state index contributed by atoms with van der Waals surface area (Å²) in [5.74, 6) is -1.09. The van der Waals surface area contributed by atoms with Crippen molar-refractivity contribution >= 4 is 17.5 Å². The molecule has 0 unspecified atom stereocenters. The Hall–Kier alpha value is -2.37. The van der Waals surface area contributed by atoms with Gasteiger partial charge in [0.1, 0.15) is 11.3 Å². The Morgan fingerprint density at radius 2 is 2.15 bits per heavy atom. The number of rotatable bonds is 5. The van der Waals surface area contributed by atoms with Crippen LogP contribution in [0.2, 0.25) is 0 Å². The summed E-state index contributed by atoms with van der Waals surface area (Å²) in [6, 6.07) is 3.81. The topological polar surface area (TPSA) is 83.7 Å². The number of nitrogens with one attached hydrogen (secondary N) is 1. The SMILES string of the molecule is Cc1nc2c(C)cccn2c1C(=O)NCCCC(=O)O. The van der Waals surface area contributed by atoms with Gasteiger partial charge < -0.3 is 10.4 Å². The Labute approximate surface area is 116 Å². The van der Waals surface area contributed by atoms with Gasteiger partial charge in [-0.3, -0.25) is 14.0 Å². The number of carboxylic acids is 1. The molecule has 2 aromatic heterocycles. The molecule has 0 aliphatic heterocycles. The van der Waals surface area contributed by atoms with E-state index in [0.29, 0.717) is 24.4 Å². The highest BCUT2D eigenvalue weighted by Gasteiger charge is 2.16. The van der Waals surface area contributed by atoms with Crippen molar-refractivity contribution in [3.8, 4) is 0 Å². The number of carboxylic acid groups (broad SMARTS) is 1. The van der Waals surface area contributed by atoms with Crippen molar-refractivity contribution in [3.63, 3.8) is 0 Å². The first-order valence-corrected chi connectivity index (χ1v) is 6.45. The number of aryl methyl sites for hydroxylation is 2. The van der Waals surface area contributed by atoms with Gasteiger partial charge in [-0.1, -0.05) is 6.07 Å². The number of imidazole rings is 1. The number of nitrogens with zero attached hydrogens (tertiary/aromatic N) is 2. The minimum atomic E-state index is -0.860. The first kappa shape index (κ1) is 14.0. The molecule has 2 heterocycles. The molecule has 0 aliphatic rings. The first-order chi connectivity index (χ1) is 9.50. The lowest BCUT2D eigenvalue weighted by Gasteiger charge is -2.05. The summed E-state index contributed by atoms with van der Waals surface area (Å²) in [5, 5.41) is 11.3. The molecule has 0 fully saturated rings. The van der Waals surface area contributed by atoms with Crippen molar-refractivity contribution in [2.24, 2.45) is 0 Å². The highest BCUT2D eigenvalue weighted by Crippen LogP contribution is 2.15. The van der Waals surface area contributed by atoms with E-state index in [0.717, 1.165) is 11.2 Å². The number of carbonyl (C=O) groups is 2. The van der Waals surface area contributed by atoms with Crippen molar-refractivity contribution in [2.45, 2.75) is 26.7 Å². The Balaban J connectivity index is 2.16. The molecule has 0 aliphatic carbocycles. The van der Waals surface area contributed by atoms with Crippen LogP contribution in [0.1, 0.15) is 34.6 Å². The molecular formula is C14H17N3O3. The normalized spacial score (nSPS) is 10.7. The van der Waals surface area contributed by atoms with Crippen LogP contribution in [0.4, 0.5) is 0 Å². The van der Waals surface area contributed by atoms with Crippen LogP contribution in [0.5, 0.6) is 0 Å². The summed E-state index contributed by atoms with van der Waals surface area (Å²) in [4.78, 5) is 27.0. The fourth-order valence-corrected chi connectivity index (χ4v) is 2.12. The third-order valence-corrected chi connectivity index (χ3v) is 3.09. The van der Waals surface area contributed by atoms with E-state index >= 15 is 0 Å². The second-order valence-electron chi connectivity index (χ2n) is 4.68. The third kappa shape index (κ3) is 2.79. The van der Waals surface area contributed by atoms with E-state index in [1.807, 2.05) is 19.1 Å². The van der Waals surface area contributed by atoms with Gasteiger partial charge in [0, 0.05) is 19.2 Å². The minimum Gasteiger partial charge on any atom is -0.481 e. The van der Waals surface area contributed by atoms with Gasteiger partial charge >= 0.3 is 5.97 Å². The second kappa shape index (κ2) is 5.73. The largest absolute Gasteiger partial charge is 0.481 e. The number of amides is 1. The van der Waals surface area contributed by atoms with E-state index in [2.05, 4.69) is 10.3 Å². The van der Waals surface area contributed by atoms with Crippen molar-refractivity contribution < 1.29 is 14.7 Å². The standard InChI is InChI=1S/C14H17N3O3/c1-9-5-4-8-17-12(10(2)16-13(9)17)14(20)15-7-3-6-11(18)19/h4-5,8H,3,6-7H2,1-2H3,(H,15,20)(H,18,19). The lowest BCUT2D eigenvalue weighted by molar-refractivity contribution is -0.137. The van der Waals surface area contributed by atoms with Crippen LogP contribution in [0.15, 0.2) is 18.3 Å². The van der Waals surface area contributed by atoms with Crippen molar-refractivity contribution in [1.82, 2.24) is 14.7 Å². The van der Waals surface area contributed by atoms with Gasteiger partial charge in [0.2, 0.25) is 0 Å². The molecule has 0 spiro atoms. The summed E-state index contributed by atoms with van der Waals surface area (Å²) in [5.41, 5.74) is 2.93. The van der Waals surface area contributed by atoms with E-state index in [1.165, 1.54) is 0 Å². The Morgan fingerprint density at radius 1 is 1.40 bits per heavy atom. The lowest BCUT2D eigenvalue weighted by Crippen LogP contribution is -2.26. The van der Waals surface area contributed by atoms with Crippen molar-refractivity contribution in [2.75, 3.05) is 6.54 Å². The summed E-state index contributed by atoms with van der Waals surface area (Å²) >= 11 is 0. The fourth-order valence-electron chi connectivity index (χ4n) is 2.12. The molecule has 6 heteroatoms. The summed E-state index contributed by atoms with van der Waals surface area (Å²) in [7, 11) is 0. The van der Waals surface area contributed by atoms with Gasteiger partial charge in [-0.15, -0.1) is 0 Å². The predicted molar refractivity (Wildman–Crippen MR) is 73.9 cm³/mol. The van der Waals surface area contributed by atoms with Crippen LogP contribution in [0, 0.1) is 13.8 Å². The smallest absolute Gasteiger partial charge is 0.303 e. The number of hydrogen-bond acceptors (Lipinski definition) is 3. The lowest BCUT2D eigenvalue weighted by atomic mass is 10.3. The number of aromatic nitrogens is 2. The number of aliphatic carboxylic acids is 1. The molecule has 20 heavy (non-hydrogen) atoms. The Morgan fingerprint density at radius 3 is 2.85 bits per heavy atom. The van der Waals surface area contributed by atoms with Gasteiger partial charge in [-0.25, -0.2) is 4.98 Å². The van der Waals surface area contributed by atoms with Crippen molar-refractivity contribution in [1.29, 1.82) is 0 Å². The summed E-state index contributed by atoms with van der Waals surface area (Å²) < 4.78 is 1.76. The van der Waals surface area contributed by atoms with Gasteiger partial charge in [0.05, 0.1) is 5.69 Å². The zero-order valence-electron chi connectivity index (χ0n) is 11.5. The molecule has 2 N–H and O–H groups in total. The molecule has 0 saturated heterocycles. The van der Waals surface area contributed by atoms with E-state index in [9.17, 15) is 9.59 Å². The Kier molecular flexibility index (Phi) is 4.02. The summed E-state index contributed by atoms with van der Waals surface area (Å²) in [6.45, 7) is 4.07. The molecule has 0 atom stereocenters. The van der Waals surface area contributed by atoms with Crippen molar-refractivity contribution in [3.05, 3.63) is 35.3 Å². The van der Waals surface area contributed by atoms with Crippen LogP contribution in [0.3, 0.4) is 0 Å². The van der Waals surface area contributed by atoms with Crippen LogP contribution in [-0.2, 0) is 4.79 Å². The maximum atomic E-state index is 12.2. The molecule has 0 saturated carbocycles. The molecule has 6 nitrogen and oxygen atoms in total. The van der Waals surface area contributed by atoms with Crippen LogP contribution >= 0.6 is 0 Å². The first-order valence-electron chi connectivity index (χ1n) is 6.45. The molecule has 0 bridgehead atoms. The Bertz CT molecular complexity index is 661. The van der Waals surface area contributed by atoms with E-state index < -0.39 is 5.97 Å². The molecule has 106 valence electrons. The predicted octanol–water partition coefficient (Wildman–Crippen LogP) is 1.55. The maximum absolute atomic E-state index is 12.2. The van der Waals surface area contributed by atoms with E-state index in [1.54, 1.807) is 17.5 Å². The minimum absolute atomic E-state index is 0.0471. The quantitative estimate of drug-likeness (QED) is 0.811. The maximum Gasteiger partial charge on any atom is 0.303 e. The average molecular weight is 275 g/mol. The second-order valence-corrected chi connectivity index (χ2v) is 4.68. The van der Waals surface area contributed by atoms with Crippen LogP contribution in [0.25, 0.3) is 5.65 Å². The van der Waals surface area contributed by atoms with Gasteiger partial charge in [-0.05, 0) is 31.9 Å². The third-order valence-electron chi connectivity index (χ3n) is 3.09. The average Bonchev–Trinajstić information content (AvgIpc) is 2.72. The van der Waals surface area contributed by atoms with Gasteiger partial charge in [0.15, 0.2) is 0 Å². The molecule has 2 rings (SSSR count). The molecule has 2 aromatic rings. The van der Waals surface area contributed by atoms with Crippen LogP contribution < -0.4 is 5.32 Å². The summed E-state index contributed by atoms with van der Waals surface area (Å²) in [6.07, 6.45) is 2.26. The van der Waals surface area contributed by atoms with E-state index in [4.69, 9.17) is 5.11 Å². The zero-order chi connectivity index (χ0) is 14.7. The monoisotopic (exact) mass is 275 g/mol. The molecule has 1 amide bonds. The van der Waals surface area contributed by atoms with Crippen LogP contribution in [-0.4, -0.2) is 32.9 Å². The highest BCUT2D eigenvalue weighted by atomic mass is 16.4. The fraction of sp³-hybridized carbons (Fsp3) is 0.357.